The highest BCUT2D eigenvalue weighted by Crippen LogP contribution is 2.24. The highest BCUT2D eigenvalue weighted by molar-refractivity contribution is 7.92. The number of rotatable bonds is 4. The molecule has 1 aromatic heterocycles. The summed E-state index contributed by atoms with van der Waals surface area (Å²) in [6, 6.07) is 16.5. The van der Waals surface area contributed by atoms with E-state index in [-0.39, 0.29) is 4.90 Å². The summed E-state index contributed by atoms with van der Waals surface area (Å²) in [6.45, 7) is 1.65. The summed E-state index contributed by atoms with van der Waals surface area (Å²) in [6.07, 6.45) is 2.45. The lowest BCUT2D eigenvalue weighted by molar-refractivity contribution is 0.599. The van der Waals surface area contributed by atoms with E-state index >= 15 is 0 Å². The molecule has 0 spiro atoms. The van der Waals surface area contributed by atoms with E-state index in [1.54, 1.807) is 12.1 Å². The first-order valence-electron chi connectivity index (χ1n) is 8.57. The minimum Gasteiger partial charge on any atom is -0.352 e. The number of pyridine rings is 1. The van der Waals surface area contributed by atoms with Crippen LogP contribution >= 0.6 is 0 Å². The van der Waals surface area contributed by atoms with Crippen molar-refractivity contribution in [3.63, 3.8) is 0 Å². The molecule has 2 heterocycles. The van der Waals surface area contributed by atoms with Gasteiger partial charge < -0.3 is 4.90 Å². The molecule has 7 heteroatoms. The van der Waals surface area contributed by atoms with Crippen LogP contribution in [0.4, 0.5) is 15.9 Å². The van der Waals surface area contributed by atoms with Crippen molar-refractivity contribution in [3.8, 4) is 0 Å². The molecule has 0 amide bonds. The first-order chi connectivity index (χ1) is 13.0. The molecule has 2 aromatic carbocycles. The summed E-state index contributed by atoms with van der Waals surface area (Å²) in [7, 11) is -3.78. The zero-order valence-corrected chi connectivity index (χ0v) is 15.3. The van der Waals surface area contributed by atoms with Gasteiger partial charge in [0.15, 0.2) is 0 Å². The van der Waals surface area contributed by atoms with E-state index in [0.29, 0.717) is 5.69 Å². The topological polar surface area (TPSA) is 62.3 Å². The number of sulfonamides is 1. The summed E-state index contributed by atoms with van der Waals surface area (Å²) < 4.78 is 40.2. The number of hydrogen-bond acceptors (Lipinski definition) is 4. The van der Waals surface area contributed by atoms with Crippen molar-refractivity contribution in [2.75, 3.05) is 16.2 Å². The molecule has 4 rings (SSSR count). The van der Waals surface area contributed by atoms with Crippen molar-refractivity contribution in [2.45, 2.75) is 17.9 Å². The number of nitrogens with one attached hydrogen (secondary N) is 1. The van der Waals surface area contributed by atoms with Crippen LogP contribution in [-0.4, -0.2) is 19.9 Å². The van der Waals surface area contributed by atoms with Crippen LogP contribution in [-0.2, 0) is 23.0 Å². The van der Waals surface area contributed by atoms with Gasteiger partial charge >= 0.3 is 0 Å². The minimum absolute atomic E-state index is 0.000569. The molecule has 0 saturated heterocycles. The molecule has 0 aliphatic carbocycles. The van der Waals surface area contributed by atoms with Crippen molar-refractivity contribution >= 4 is 21.5 Å². The number of halogens is 1. The van der Waals surface area contributed by atoms with Gasteiger partial charge in [-0.1, -0.05) is 24.3 Å². The maximum absolute atomic E-state index is 13.0. The van der Waals surface area contributed by atoms with Gasteiger partial charge in [-0.3, -0.25) is 4.72 Å². The van der Waals surface area contributed by atoms with E-state index in [1.165, 1.54) is 29.5 Å². The molecule has 0 bridgehead atoms. The summed E-state index contributed by atoms with van der Waals surface area (Å²) in [5, 5.41) is 0. The van der Waals surface area contributed by atoms with E-state index in [4.69, 9.17) is 0 Å². The molecule has 27 heavy (non-hydrogen) atoms. The Balaban J connectivity index is 1.49. The lowest BCUT2D eigenvalue weighted by Gasteiger charge is -2.29. The van der Waals surface area contributed by atoms with Crippen LogP contribution in [0.2, 0.25) is 0 Å². The Bertz CT molecular complexity index is 1050. The standard InChI is InChI=1S/C20H18FN3O2S/c21-17-5-8-19(9-6-17)27(25,26)23-18-7-10-20(22-13-18)24-12-11-15-3-1-2-4-16(15)14-24/h1-10,13,23H,11-12,14H2. The second kappa shape index (κ2) is 7.00. The van der Waals surface area contributed by atoms with Crippen LogP contribution in [0.1, 0.15) is 11.1 Å². The first kappa shape index (κ1) is 17.5. The third-order valence-electron chi connectivity index (χ3n) is 4.58. The fourth-order valence-electron chi connectivity index (χ4n) is 3.15. The van der Waals surface area contributed by atoms with Crippen LogP contribution in [0.5, 0.6) is 0 Å². The second-order valence-electron chi connectivity index (χ2n) is 6.40. The Labute approximate surface area is 157 Å². The number of hydrogen-bond donors (Lipinski definition) is 1. The Kier molecular flexibility index (Phi) is 4.53. The molecule has 0 atom stereocenters. The van der Waals surface area contributed by atoms with Gasteiger partial charge in [0.2, 0.25) is 0 Å². The fourth-order valence-corrected chi connectivity index (χ4v) is 4.20. The van der Waals surface area contributed by atoms with Crippen molar-refractivity contribution < 1.29 is 12.8 Å². The van der Waals surface area contributed by atoms with Crippen molar-refractivity contribution in [1.82, 2.24) is 4.98 Å². The summed E-state index contributed by atoms with van der Waals surface area (Å²) in [4.78, 5) is 6.57. The summed E-state index contributed by atoms with van der Waals surface area (Å²) in [5.41, 5.74) is 3.00. The highest BCUT2D eigenvalue weighted by atomic mass is 32.2. The predicted molar refractivity (Wildman–Crippen MR) is 103 cm³/mol. The number of benzene rings is 2. The van der Waals surface area contributed by atoms with Crippen molar-refractivity contribution in [3.05, 3.63) is 83.8 Å². The van der Waals surface area contributed by atoms with Crippen molar-refractivity contribution in [2.24, 2.45) is 0 Å². The van der Waals surface area contributed by atoms with E-state index in [9.17, 15) is 12.8 Å². The Morgan fingerprint density at radius 3 is 2.41 bits per heavy atom. The molecule has 0 saturated carbocycles. The number of anilines is 2. The van der Waals surface area contributed by atoms with Gasteiger partial charge in [-0.25, -0.2) is 17.8 Å². The Morgan fingerprint density at radius 1 is 0.963 bits per heavy atom. The zero-order chi connectivity index (χ0) is 18.9. The van der Waals surface area contributed by atoms with E-state index < -0.39 is 15.8 Å². The van der Waals surface area contributed by atoms with Gasteiger partial charge in [-0.2, -0.15) is 0 Å². The predicted octanol–water partition coefficient (Wildman–Crippen LogP) is 3.58. The maximum atomic E-state index is 13.0. The van der Waals surface area contributed by atoms with Gasteiger partial charge in [0.25, 0.3) is 10.0 Å². The molecule has 1 aliphatic rings. The molecule has 0 fully saturated rings. The monoisotopic (exact) mass is 383 g/mol. The normalized spacial score (nSPS) is 13.9. The largest absolute Gasteiger partial charge is 0.352 e. The quantitative estimate of drug-likeness (QED) is 0.748. The van der Waals surface area contributed by atoms with Gasteiger partial charge in [0, 0.05) is 13.1 Å². The molecule has 1 N–H and O–H groups in total. The molecule has 5 nitrogen and oxygen atoms in total. The number of nitrogens with zero attached hydrogens (tertiary/aromatic N) is 2. The van der Waals surface area contributed by atoms with Crippen LogP contribution < -0.4 is 9.62 Å². The molecular weight excluding hydrogens is 365 g/mol. The van der Waals surface area contributed by atoms with Crippen LogP contribution in [0, 0.1) is 5.82 Å². The fraction of sp³-hybridized carbons (Fsp3) is 0.150. The smallest absolute Gasteiger partial charge is 0.261 e. The van der Waals surface area contributed by atoms with Crippen LogP contribution in [0.15, 0.2) is 71.8 Å². The van der Waals surface area contributed by atoms with Crippen molar-refractivity contribution in [1.29, 1.82) is 0 Å². The zero-order valence-electron chi connectivity index (χ0n) is 14.5. The Morgan fingerprint density at radius 2 is 1.70 bits per heavy atom. The van der Waals surface area contributed by atoms with E-state index in [1.807, 2.05) is 6.07 Å². The molecule has 3 aromatic rings. The average Bonchev–Trinajstić information content (AvgIpc) is 2.68. The second-order valence-corrected chi connectivity index (χ2v) is 8.09. The lowest BCUT2D eigenvalue weighted by Crippen LogP contribution is -2.30. The SMILES string of the molecule is O=S(=O)(Nc1ccc(N2CCc3ccccc3C2)nc1)c1ccc(F)cc1. The summed E-state index contributed by atoms with van der Waals surface area (Å²) in [5.74, 6) is 0.317. The minimum atomic E-state index is -3.78. The number of aromatic nitrogens is 1. The molecule has 0 radical (unpaired) electrons. The Hall–Kier alpha value is -2.93. The summed E-state index contributed by atoms with van der Waals surface area (Å²) >= 11 is 0. The van der Waals surface area contributed by atoms with Crippen LogP contribution in [0.25, 0.3) is 0 Å². The lowest BCUT2D eigenvalue weighted by atomic mass is 10.00. The maximum Gasteiger partial charge on any atom is 0.261 e. The van der Waals surface area contributed by atoms with Crippen LogP contribution in [0.3, 0.4) is 0 Å². The van der Waals surface area contributed by atoms with Gasteiger partial charge in [-0.15, -0.1) is 0 Å². The van der Waals surface area contributed by atoms with E-state index in [2.05, 4.69) is 32.8 Å². The van der Waals surface area contributed by atoms with Gasteiger partial charge in [0.1, 0.15) is 11.6 Å². The first-order valence-corrected chi connectivity index (χ1v) is 10.1. The van der Waals surface area contributed by atoms with Gasteiger partial charge in [-0.05, 0) is 53.9 Å². The third-order valence-corrected chi connectivity index (χ3v) is 5.98. The average molecular weight is 383 g/mol. The molecule has 0 unspecified atom stereocenters. The molecule has 1 aliphatic heterocycles. The molecule has 138 valence electrons. The number of fused-ring (bicyclic) bond motifs is 1. The third kappa shape index (κ3) is 3.78. The van der Waals surface area contributed by atoms with Gasteiger partial charge in [0.05, 0.1) is 16.8 Å². The highest BCUT2D eigenvalue weighted by Gasteiger charge is 2.18. The molecular formula is C20H18FN3O2S. The van der Waals surface area contributed by atoms with E-state index in [0.717, 1.165) is 37.5 Å².